The van der Waals surface area contributed by atoms with Gasteiger partial charge in [0.1, 0.15) is 16.8 Å². The zero-order valence-electron chi connectivity index (χ0n) is 12.6. The number of carboxylic acids is 1. The quantitative estimate of drug-likeness (QED) is 0.690. The number of rotatable bonds is 6. The number of phenolic OH excluding ortho intramolecular Hbond substituents is 1. The van der Waals surface area contributed by atoms with Crippen LogP contribution in [0.1, 0.15) is 11.1 Å². The molecule has 2 atom stereocenters. The first kappa shape index (κ1) is 17.2. The van der Waals surface area contributed by atoms with E-state index in [1.165, 1.54) is 0 Å². The SMILES string of the molecule is Cc1ccc(O)c(C2=N[C@@H](CN(C)[C@H](CS)C(=O)O)CS2)c1. The molecule has 0 aliphatic carbocycles. The van der Waals surface area contributed by atoms with Gasteiger partial charge in [0.2, 0.25) is 0 Å². The number of carboxylic acid groups (broad SMARTS) is 1. The predicted octanol–water partition coefficient (Wildman–Crippen LogP) is 1.88. The van der Waals surface area contributed by atoms with Crippen LogP contribution >= 0.6 is 24.4 Å². The molecule has 0 saturated heterocycles. The lowest BCUT2D eigenvalue weighted by molar-refractivity contribution is -0.141. The molecule has 22 heavy (non-hydrogen) atoms. The average Bonchev–Trinajstić information content (AvgIpc) is 2.90. The van der Waals surface area contributed by atoms with Gasteiger partial charge in [0.25, 0.3) is 0 Å². The molecule has 1 heterocycles. The van der Waals surface area contributed by atoms with Gasteiger partial charge in [-0.05, 0) is 26.1 Å². The fourth-order valence-corrected chi connectivity index (χ4v) is 3.85. The molecule has 0 aromatic heterocycles. The number of aryl methyl sites for hydroxylation is 1. The molecule has 0 bridgehead atoms. The molecule has 0 fully saturated rings. The third-order valence-electron chi connectivity index (χ3n) is 3.58. The van der Waals surface area contributed by atoms with Gasteiger partial charge in [-0.1, -0.05) is 11.6 Å². The molecule has 0 radical (unpaired) electrons. The summed E-state index contributed by atoms with van der Waals surface area (Å²) in [4.78, 5) is 17.6. The summed E-state index contributed by atoms with van der Waals surface area (Å²) in [7, 11) is 1.78. The monoisotopic (exact) mass is 340 g/mol. The molecule has 2 N–H and O–H groups in total. The van der Waals surface area contributed by atoms with Gasteiger partial charge in [0.15, 0.2) is 0 Å². The van der Waals surface area contributed by atoms with E-state index >= 15 is 0 Å². The van der Waals surface area contributed by atoms with Crippen LogP contribution in [0.2, 0.25) is 0 Å². The Hall–Kier alpha value is -1.18. The Labute approximate surface area is 139 Å². The fourth-order valence-electron chi connectivity index (χ4n) is 2.34. The molecule has 7 heteroatoms. The second kappa shape index (κ2) is 7.39. The summed E-state index contributed by atoms with van der Waals surface area (Å²) < 4.78 is 0. The van der Waals surface area contributed by atoms with E-state index in [2.05, 4.69) is 17.6 Å². The van der Waals surface area contributed by atoms with Crippen molar-refractivity contribution in [2.45, 2.75) is 19.0 Å². The van der Waals surface area contributed by atoms with Crippen molar-refractivity contribution in [3.8, 4) is 5.75 Å². The number of thiol groups is 1. The van der Waals surface area contributed by atoms with Crippen molar-refractivity contribution in [2.24, 2.45) is 4.99 Å². The number of thioether (sulfide) groups is 1. The molecule has 0 saturated carbocycles. The van der Waals surface area contributed by atoms with Crippen LogP contribution < -0.4 is 0 Å². The number of aromatic hydroxyl groups is 1. The van der Waals surface area contributed by atoms with Crippen LogP contribution in [0.3, 0.4) is 0 Å². The minimum absolute atomic E-state index is 0.0200. The van der Waals surface area contributed by atoms with Gasteiger partial charge < -0.3 is 10.2 Å². The zero-order chi connectivity index (χ0) is 16.3. The Morgan fingerprint density at radius 3 is 2.95 bits per heavy atom. The lowest BCUT2D eigenvalue weighted by Gasteiger charge is -2.24. The highest BCUT2D eigenvalue weighted by Gasteiger charge is 2.27. The molecule has 1 aliphatic heterocycles. The maximum absolute atomic E-state index is 11.1. The molecule has 1 aromatic rings. The normalized spacial score (nSPS) is 19.3. The molecule has 2 rings (SSSR count). The smallest absolute Gasteiger partial charge is 0.321 e. The van der Waals surface area contributed by atoms with Crippen molar-refractivity contribution in [1.29, 1.82) is 0 Å². The van der Waals surface area contributed by atoms with Crippen molar-refractivity contribution in [3.05, 3.63) is 29.3 Å². The molecule has 0 spiro atoms. The topological polar surface area (TPSA) is 73.1 Å². The van der Waals surface area contributed by atoms with E-state index in [4.69, 9.17) is 5.11 Å². The molecule has 1 aliphatic rings. The number of hydrogen-bond acceptors (Lipinski definition) is 6. The average molecular weight is 340 g/mol. The molecule has 120 valence electrons. The maximum Gasteiger partial charge on any atom is 0.321 e. The van der Waals surface area contributed by atoms with Crippen molar-refractivity contribution >= 4 is 35.4 Å². The van der Waals surface area contributed by atoms with Gasteiger partial charge in [0, 0.05) is 23.6 Å². The summed E-state index contributed by atoms with van der Waals surface area (Å²) in [6.45, 7) is 2.53. The predicted molar refractivity (Wildman–Crippen MR) is 93.5 cm³/mol. The van der Waals surface area contributed by atoms with E-state index < -0.39 is 12.0 Å². The molecule has 0 unspecified atom stereocenters. The molecular weight excluding hydrogens is 320 g/mol. The van der Waals surface area contributed by atoms with Gasteiger partial charge in [-0.2, -0.15) is 12.6 Å². The van der Waals surface area contributed by atoms with Crippen LogP contribution in [0.25, 0.3) is 0 Å². The Kier molecular flexibility index (Phi) is 5.77. The number of phenols is 1. The highest BCUT2D eigenvalue weighted by atomic mass is 32.2. The van der Waals surface area contributed by atoms with E-state index in [-0.39, 0.29) is 17.5 Å². The Morgan fingerprint density at radius 1 is 1.59 bits per heavy atom. The Morgan fingerprint density at radius 2 is 2.32 bits per heavy atom. The number of carbonyl (C=O) groups is 1. The van der Waals surface area contributed by atoms with Crippen molar-refractivity contribution in [1.82, 2.24) is 4.90 Å². The summed E-state index contributed by atoms with van der Waals surface area (Å²) >= 11 is 5.69. The standard InChI is InChI=1S/C15H20N2O3S2/c1-9-3-4-13(18)11(5-9)14-16-10(8-22-14)6-17(2)12(7-21)15(19)20/h3-5,10,12,18,21H,6-8H2,1-2H3,(H,19,20)/t10-,12+/m0/s1. The number of benzene rings is 1. The maximum atomic E-state index is 11.1. The van der Waals surface area contributed by atoms with E-state index in [9.17, 15) is 9.90 Å². The third kappa shape index (κ3) is 3.97. The zero-order valence-corrected chi connectivity index (χ0v) is 14.3. The highest BCUT2D eigenvalue weighted by Crippen LogP contribution is 2.29. The van der Waals surface area contributed by atoms with E-state index in [1.54, 1.807) is 29.8 Å². The summed E-state index contributed by atoms with van der Waals surface area (Å²) in [5, 5.41) is 19.9. The first-order chi connectivity index (χ1) is 10.4. The number of hydrogen-bond donors (Lipinski definition) is 3. The summed E-state index contributed by atoms with van der Waals surface area (Å²) in [5.41, 5.74) is 1.82. The second-order valence-corrected chi connectivity index (χ2v) is 6.77. The molecular formula is C15H20N2O3S2. The Balaban J connectivity index is 2.09. The minimum Gasteiger partial charge on any atom is -0.507 e. The van der Waals surface area contributed by atoms with Crippen LogP contribution in [-0.2, 0) is 4.79 Å². The second-order valence-electron chi connectivity index (χ2n) is 5.40. The van der Waals surface area contributed by atoms with Crippen molar-refractivity contribution < 1.29 is 15.0 Å². The van der Waals surface area contributed by atoms with Crippen LogP contribution in [0, 0.1) is 6.92 Å². The number of likely N-dealkylation sites (N-methyl/N-ethyl adjacent to an activating group) is 1. The number of nitrogens with zero attached hydrogens (tertiary/aromatic N) is 2. The minimum atomic E-state index is -0.872. The van der Waals surface area contributed by atoms with Gasteiger partial charge in [-0.25, -0.2) is 0 Å². The summed E-state index contributed by atoms with van der Waals surface area (Å²) in [6.07, 6.45) is 0. The number of aliphatic carboxylic acids is 1. The first-order valence-corrected chi connectivity index (χ1v) is 8.58. The van der Waals surface area contributed by atoms with E-state index in [1.807, 2.05) is 19.1 Å². The van der Waals surface area contributed by atoms with Gasteiger partial charge in [-0.15, -0.1) is 11.8 Å². The lowest BCUT2D eigenvalue weighted by Crippen LogP contribution is -2.43. The number of aliphatic imine (C=N–C) groups is 1. The van der Waals surface area contributed by atoms with Gasteiger partial charge in [-0.3, -0.25) is 14.7 Å². The first-order valence-electron chi connectivity index (χ1n) is 6.97. The lowest BCUT2D eigenvalue weighted by atomic mass is 10.1. The van der Waals surface area contributed by atoms with Crippen molar-refractivity contribution in [2.75, 3.05) is 25.1 Å². The fraction of sp³-hybridized carbons (Fsp3) is 0.467. The van der Waals surface area contributed by atoms with Crippen molar-refractivity contribution in [3.63, 3.8) is 0 Å². The van der Waals surface area contributed by atoms with Crippen LogP contribution in [0.15, 0.2) is 23.2 Å². The summed E-state index contributed by atoms with van der Waals surface area (Å²) in [5.74, 6) is 0.403. The molecule has 0 amide bonds. The largest absolute Gasteiger partial charge is 0.507 e. The molecule has 5 nitrogen and oxygen atoms in total. The van der Waals surface area contributed by atoms with Gasteiger partial charge >= 0.3 is 5.97 Å². The van der Waals surface area contributed by atoms with Crippen LogP contribution in [-0.4, -0.2) is 63.3 Å². The van der Waals surface area contributed by atoms with Gasteiger partial charge in [0.05, 0.1) is 6.04 Å². The summed E-state index contributed by atoms with van der Waals surface area (Å²) in [6, 6.07) is 4.86. The van der Waals surface area contributed by atoms with E-state index in [0.717, 1.165) is 21.9 Å². The third-order valence-corrected chi connectivity index (χ3v) is 5.08. The Bertz CT molecular complexity index is 592. The molecule has 1 aromatic carbocycles. The van der Waals surface area contributed by atoms with E-state index in [0.29, 0.717) is 6.54 Å². The van der Waals surface area contributed by atoms with Crippen LogP contribution in [0.5, 0.6) is 5.75 Å². The van der Waals surface area contributed by atoms with Crippen LogP contribution in [0.4, 0.5) is 0 Å². The highest BCUT2D eigenvalue weighted by molar-refractivity contribution is 8.14.